The summed E-state index contributed by atoms with van der Waals surface area (Å²) < 4.78 is 0. The number of urea groups is 1. The molecule has 0 aromatic carbocycles. The first kappa shape index (κ1) is 16.8. The first-order chi connectivity index (χ1) is 9.13. The highest BCUT2D eigenvalue weighted by Crippen LogP contribution is 2.23. The van der Waals surface area contributed by atoms with Crippen LogP contribution in [0.4, 0.5) is 4.79 Å². The quantitative estimate of drug-likeness (QED) is 0.656. The summed E-state index contributed by atoms with van der Waals surface area (Å²) in [5.74, 6) is 3.06. The van der Waals surface area contributed by atoms with Gasteiger partial charge in [0, 0.05) is 29.1 Å². The van der Waals surface area contributed by atoms with Crippen LogP contribution in [0.15, 0.2) is 0 Å². The van der Waals surface area contributed by atoms with E-state index in [0.717, 1.165) is 11.5 Å². The molecule has 1 rings (SSSR count). The highest BCUT2D eigenvalue weighted by molar-refractivity contribution is 8.06. The third-order valence-corrected chi connectivity index (χ3v) is 6.08. The van der Waals surface area contributed by atoms with Crippen LogP contribution in [0.3, 0.4) is 0 Å². The number of carbonyl (C=O) groups is 2. The minimum absolute atomic E-state index is 0.385. The highest BCUT2D eigenvalue weighted by atomic mass is 32.2. The molecule has 2 atom stereocenters. The molecular weight excluding hydrogens is 304 g/mol. The van der Waals surface area contributed by atoms with Gasteiger partial charge < -0.3 is 15.7 Å². The number of hydrogen-bond donors (Lipinski definition) is 3. The number of carboxylic acid groups (broad SMARTS) is 1. The lowest BCUT2D eigenvalue weighted by atomic mass is 10.2. The van der Waals surface area contributed by atoms with Crippen molar-refractivity contribution < 1.29 is 14.7 Å². The molecule has 19 heavy (non-hydrogen) atoms. The van der Waals surface area contributed by atoms with Gasteiger partial charge in [-0.3, -0.25) is 0 Å². The molecule has 3 N–H and O–H groups in total. The number of aliphatic carboxylic acids is 1. The minimum Gasteiger partial charge on any atom is -0.480 e. The second-order valence-corrected chi connectivity index (χ2v) is 7.64. The molecule has 0 bridgehead atoms. The number of nitrogens with one attached hydrogen (secondary N) is 2. The smallest absolute Gasteiger partial charge is 0.326 e. The van der Waals surface area contributed by atoms with E-state index in [-0.39, 0.29) is 6.03 Å². The van der Waals surface area contributed by atoms with Crippen LogP contribution in [0.1, 0.15) is 6.42 Å². The van der Waals surface area contributed by atoms with Gasteiger partial charge >= 0.3 is 12.0 Å². The van der Waals surface area contributed by atoms with Crippen LogP contribution in [-0.4, -0.2) is 64.2 Å². The van der Waals surface area contributed by atoms with E-state index in [1.165, 1.54) is 5.75 Å². The topological polar surface area (TPSA) is 78.4 Å². The molecule has 1 aliphatic heterocycles. The minimum atomic E-state index is -0.980. The lowest BCUT2D eigenvalue weighted by molar-refractivity contribution is -0.139. The van der Waals surface area contributed by atoms with E-state index in [1.54, 1.807) is 11.8 Å². The Labute approximate surface area is 126 Å². The summed E-state index contributed by atoms with van der Waals surface area (Å²) in [7, 11) is 0. The predicted octanol–water partition coefficient (Wildman–Crippen LogP) is 1.34. The van der Waals surface area contributed by atoms with Crippen LogP contribution in [0.25, 0.3) is 0 Å². The van der Waals surface area contributed by atoms with Crippen molar-refractivity contribution in [3.05, 3.63) is 0 Å². The van der Waals surface area contributed by atoms with E-state index >= 15 is 0 Å². The van der Waals surface area contributed by atoms with Gasteiger partial charge in [0.25, 0.3) is 0 Å². The Hall–Kier alpha value is -0.210. The molecule has 0 saturated carbocycles. The maximum absolute atomic E-state index is 11.7. The Balaban J connectivity index is 2.25. The van der Waals surface area contributed by atoms with Crippen molar-refractivity contribution in [2.24, 2.45) is 0 Å². The van der Waals surface area contributed by atoms with Crippen LogP contribution < -0.4 is 10.6 Å². The molecule has 1 saturated heterocycles. The Bertz CT molecular complexity index is 299. The zero-order valence-electron chi connectivity index (χ0n) is 10.9. The lowest BCUT2D eigenvalue weighted by Gasteiger charge is -2.22. The van der Waals surface area contributed by atoms with Gasteiger partial charge in [0.1, 0.15) is 6.04 Å². The molecule has 0 aromatic rings. The molecule has 0 radical (unpaired) electrons. The Kier molecular flexibility index (Phi) is 8.56. The van der Waals surface area contributed by atoms with Crippen LogP contribution in [0, 0.1) is 0 Å². The molecule has 1 heterocycles. The summed E-state index contributed by atoms with van der Waals surface area (Å²) in [6, 6.07) is -1.19. The van der Waals surface area contributed by atoms with Gasteiger partial charge in [-0.15, -0.1) is 0 Å². The lowest BCUT2D eigenvalue weighted by Crippen LogP contribution is -2.48. The van der Waals surface area contributed by atoms with Crippen molar-refractivity contribution in [3.8, 4) is 0 Å². The third kappa shape index (κ3) is 7.22. The van der Waals surface area contributed by atoms with Crippen molar-refractivity contribution >= 4 is 47.3 Å². The van der Waals surface area contributed by atoms with Gasteiger partial charge in [0.05, 0.1) is 0 Å². The maximum Gasteiger partial charge on any atom is 0.326 e. The Morgan fingerprint density at radius 2 is 2.26 bits per heavy atom. The van der Waals surface area contributed by atoms with E-state index in [4.69, 9.17) is 5.11 Å². The second kappa shape index (κ2) is 9.66. The maximum atomic E-state index is 11.7. The van der Waals surface area contributed by atoms with Crippen molar-refractivity contribution in [1.29, 1.82) is 0 Å². The molecule has 1 fully saturated rings. The zero-order valence-corrected chi connectivity index (χ0v) is 13.3. The summed E-state index contributed by atoms with van der Waals surface area (Å²) in [4.78, 5) is 22.6. The van der Waals surface area contributed by atoms with E-state index in [0.29, 0.717) is 24.0 Å². The largest absolute Gasteiger partial charge is 0.480 e. The van der Waals surface area contributed by atoms with Gasteiger partial charge in [-0.05, 0) is 18.4 Å². The number of rotatable bonds is 7. The first-order valence-corrected chi connectivity index (χ1v) is 9.68. The monoisotopic (exact) mass is 324 g/mol. The Morgan fingerprint density at radius 1 is 1.47 bits per heavy atom. The number of amides is 2. The Morgan fingerprint density at radius 3 is 2.84 bits per heavy atom. The van der Waals surface area contributed by atoms with Crippen molar-refractivity contribution in [1.82, 2.24) is 10.6 Å². The molecule has 0 aromatic heterocycles. The fourth-order valence-electron chi connectivity index (χ4n) is 1.56. The number of thioether (sulfide) groups is 3. The number of carboxylic acids is 1. The fourth-order valence-corrected chi connectivity index (χ4v) is 4.65. The molecule has 0 aliphatic carbocycles. The van der Waals surface area contributed by atoms with E-state index in [1.807, 2.05) is 29.8 Å². The van der Waals surface area contributed by atoms with Gasteiger partial charge in [-0.25, -0.2) is 9.59 Å². The fraction of sp³-hybridized carbons (Fsp3) is 0.818. The van der Waals surface area contributed by atoms with E-state index in [2.05, 4.69) is 10.6 Å². The van der Waals surface area contributed by atoms with E-state index < -0.39 is 12.0 Å². The van der Waals surface area contributed by atoms with Gasteiger partial charge in [0.15, 0.2) is 0 Å². The molecule has 5 nitrogen and oxygen atoms in total. The standard InChI is InChI=1S/C11H20N2O3S3/c1-17-3-2-9(10(14)15)13-11(16)12-6-8-7-18-4-5-19-8/h8-9H,2-7H2,1H3,(H,14,15)(H2,12,13,16)/t8?,9-/m0/s1. The summed E-state index contributed by atoms with van der Waals surface area (Å²) >= 11 is 5.33. The van der Waals surface area contributed by atoms with Crippen molar-refractivity contribution in [2.45, 2.75) is 17.7 Å². The average molecular weight is 324 g/mol. The second-order valence-electron chi connectivity index (χ2n) is 4.09. The molecule has 0 spiro atoms. The summed E-state index contributed by atoms with van der Waals surface area (Å²) in [5, 5.41) is 14.7. The average Bonchev–Trinajstić information content (AvgIpc) is 2.42. The summed E-state index contributed by atoms with van der Waals surface area (Å²) in [6.07, 6.45) is 2.36. The third-order valence-electron chi connectivity index (χ3n) is 2.59. The molecule has 8 heteroatoms. The molecule has 2 amide bonds. The van der Waals surface area contributed by atoms with Gasteiger partial charge in [-0.2, -0.15) is 35.3 Å². The van der Waals surface area contributed by atoms with Crippen LogP contribution >= 0.6 is 35.3 Å². The zero-order chi connectivity index (χ0) is 14.1. The first-order valence-electron chi connectivity index (χ1n) is 6.09. The van der Waals surface area contributed by atoms with Gasteiger partial charge in [-0.1, -0.05) is 0 Å². The summed E-state index contributed by atoms with van der Waals surface area (Å²) in [5.41, 5.74) is 0. The number of hydrogen-bond acceptors (Lipinski definition) is 5. The number of carbonyl (C=O) groups excluding carboxylic acids is 1. The highest BCUT2D eigenvalue weighted by Gasteiger charge is 2.20. The van der Waals surface area contributed by atoms with Crippen LogP contribution in [-0.2, 0) is 4.79 Å². The van der Waals surface area contributed by atoms with Crippen LogP contribution in [0.5, 0.6) is 0 Å². The molecular formula is C11H20N2O3S3. The van der Waals surface area contributed by atoms with Gasteiger partial charge in [0.2, 0.25) is 0 Å². The van der Waals surface area contributed by atoms with Crippen LogP contribution in [0.2, 0.25) is 0 Å². The SMILES string of the molecule is CSCC[C@H](NC(=O)NCC1CSCCS1)C(=O)O. The molecule has 1 unspecified atom stereocenters. The normalized spacial score (nSPS) is 20.6. The van der Waals surface area contributed by atoms with Crippen molar-refractivity contribution in [2.75, 3.05) is 35.8 Å². The molecule has 110 valence electrons. The summed E-state index contributed by atoms with van der Waals surface area (Å²) in [6.45, 7) is 0.596. The van der Waals surface area contributed by atoms with E-state index in [9.17, 15) is 9.59 Å². The predicted molar refractivity (Wildman–Crippen MR) is 84.5 cm³/mol. The molecule has 1 aliphatic rings. The van der Waals surface area contributed by atoms with Crippen molar-refractivity contribution in [3.63, 3.8) is 0 Å².